The summed E-state index contributed by atoms with van der Waals surface area (Å²) in [5, 5.41) is 11.5. The summed E-state index contributed by atoms with van der Waals surface area (Å²) in [6.45, 7) is 5.26. The van der Waals surface area contributed by atoms with Gasteiger partial charge in [0, 0.05) is 19.0 Å². The number of carboxylic acid groups (broad SMARTS) is 1. The number of hydrogen-bond acceptors (Lipinski definition) is 4. The molecule has 0 aromatic heterocycles. The fourth-order valence-corrected chi connectivity index (χ4v) is 1.81. The van der Waals surface area contributed by atoms with Gasteiger partial charge in [0.2, 0.25) is 6.41 Å². The number of hydrogen-bond donors (Lipinski definition) is 2. The van der Waals surface area contributed by atoms with Crippen molar-refractivity contribution in [2.45, 2.75) is 44.9 Å². The van der Waals surface area contributed by atoms with Crippen LogP contribution in [0, 0.1) is 0 Å². The highest BCUT2D eigenvalue weighted by Crippen LogP contribution is 2.21. The van der Waals surface area contributed by atoms with Crippen molar-refractivity contribution in [2.75, 3.05) is 6.54 Å². The molecule has 1 aliphatic rings. The van der Waals surface area contributed by atoms with Gasteiger partial charge in [0.05, 0.1) is 0 Å². The summed E-state index contributed by atoms with van der Waals surface area (Å²) in [4.78, 5) is 34.4. The van der Waals surface area contributed by atoms with Crippen LogP contribution >= 0.6 is 0 Å². The van der Waals surface area contributed by atoms with Crippen molar-refractivity contribution in [3.8, 4) is 0 Å². The SMILES string of the molecule is CC(C)(C)OC(=O)N1CC(NC=O)CC1C(=O)O. The number of nitrogens with one attached hydrogen (secondary N) is 1. The summed E-state index contributed by atoms with van der Waals surface area (Å²) in [6, 6.07) is -1.31. The molecule has 1 rings (SSSR count). The molecule has 0 aromatic carbocycles. The molecule has 0 aromatic rings. The summed E-state index contributed by atoms with van der Waals surface area (Å²) in [5.74, 6) is -1.10. The van der Waals surface area contributed by atoms with Crippen LogP contribution in [0.3, 0.4) is 0 Å². The molecule has 0 radical (unpaired) electrons. The van der Waals surface area contributed by atoms with Gasteiger partial charge in [0.25, 0.3) is 0 Å². The minimum Gasteiger partial charge on any atom is -0.480 e. The van der Waals surface area contributed by atoms with Crippen molar-refractivity contribution in [3.05, 3.63) is 0 Å². The third-order valence-corrected chi connectivity index (χ3v) is 2.52. The van der Waals surface area contributed by atoms with Crippen LogP contribution in [0.5, 0.6) is 0 Å². The number of likely N-dealkylation sites (tertiary alicyclic amines) is 1. The lowest BCUT2D eigenvalue weighted by molar-refractivity contribution is -0.142. The molecule has 102 valence electrons. The van der Waals surface area contributed by atoms with Gasteiger partial charge >= 0.3 is 12.1 Å². The van der Waals surface area contributed by atoms with Crippen LogP contribution in [0.15, 0.2) is 0 Å². The maximum Gasteiger partial charge on any atom is 0.411 e. The van der Waals surface area contributed by atoms with Crippen LogP contribution in [-0.2, 0) is 14.3 Å². The van der Waals surface area contributed by atoms with Crippen molar-refractivity contribution in [1.82, 2.24) is 10.2 Å². The molecule has 0 saturated carbocycles. The van der Waals surface area contributed by atoms with Crippen molar-refractivity contribution in [1.29, 1.82) is 0 Å². The first kappa shape index (κ1) is 14.3. The second kappa shape index (κ2) is 5.24. The molecular weight excluding hydrogens is 240 g/mol. The van der Waals surface area contributed by atoms with Crippen LogP contribution in [0.1, 0.15) is 27.2 Å². The monoisotopic (exact) mass is 258 g/mol. The Labute approximate surface area is 105 Å². The van der Waals surface area contributed by atoms with Gasteiger partial charge < -0.3 is 15.2 Å². The van der Waals surface area contributed by atoms with Gasteiger partial charge in [-0.05, 0) is 20.8 Å². The zero-order chi connectivity index (χ0) is 13.9. The smallest absolute Gasteiger partial charge is 0.411 e. The minimum absolute atomic E-state index is 0.143. The van der Waals surface area contributed by atoms with Crippen molar-refractivity contribution < 1.29 is 24.2 Å². The van der Waals surface area contributed by atoms with Gasteiger partial charge in [-0.25, -0.2) is 9.59 Å². The second-order valence-electron chi connectivity index (χ2n) is 5.20. The molecule has 0 spiro atoms. The maximum atomic E-state index is 11.8. The third kappa shape index (κ3) is 3.61. The standard InChI is InChI=1S/C11H18N2O5/c1-11(2,3)18-10(17)13-5-7(12-6-14)4-8(13)9(15)16/h6-8H,4-5H2,1-3H3,(H,12,14)(H,15,16). The third-order valence-electron chi connectivity index (χ3n) is 2.52. The van der Waals surface area contributed by atoms with Crippen molar-refractivity contribution in [2.24, 2.45) is 0 Å². The summed E-state index contributed by atoms with van der Waals surface area (Å²) in [6.07, 6.45) is 0.0141. The minimum atomic E-state index is -1.10. The van der Waals surface area contributed by atoms with E-state index in [1.54, 1.807) is 20.8 Å². The van der Waals surface area contributed by atoms with E-state index in [0.29, 0.717) is 6.41 Å². The first-order chi connectivity index (χ1) is 8.24. The molecule has 2 N–H and O–H groups in total. The van der Waals surface area contributed by atoms with Crippen molar-refractivity contribution in [3.63, 3.8) is 0 Å². The van der Waals surface area contributed by atoms with Crippen LogP contribution in [-0.4, -0.2) is 52.7 Å². The number of carbonyl (C=O) groups is 3. The van der Waals surface area contributed by atoms with Gasteiger partial charge in [-0.3, -0.25) is 9.69 Å². The molecule has 1 saturated heterocycles. The van der Waals surface area contributed by atoms with Gasteiger partial charge in [-0.2, -0.15) is 0 Å². The van der Waals surface area contributed by atoms with E-state index in [-0.39, 0.29) is 19.0 Å². The number of aliphatic carboxylic acids is 1. The topological polar surface area (TPSA) is 95.9 Å². The summed E-state index contributed by atoms with van der Waals surface area (Å²) in [7, 11) is 0. The van der Waals surface area contributed by atoms with E-state index in [2.05, 4.69) is 5.32 Å². The largest absolute Gasteiger partial charge is 0.480 e. The Morgan fingerprint density at radius 1 is 1.44 bits per heavy atom. The first-order valence-corrected chi connectivity index (χ1v) is 5.66. The molecule has 2 atom stereocenters. The van der Waals surface area contributed by atoms with Crippen LogP contribution in [0.2, 0.25) is 0 Å². The number of carboxylic acids is 1. The van der Waals surface area contributed by atoms with Crippen molar-refractivity contribution >= 4 is 18.5 Å². The summed E-state index contributed by atoms with van der Waals surface area (Å²) < 4.78 is 5.14. The Hall–Kier alpha value is -1.79. The molecule has 1 fully saturated rings. The zero-order valence-corrected chi connectivity index (χ0v) is 10.7. The highest BCUT2D eigenvalue weighted by Gasteiger charge is 2.41. The van der Waals surface area contributed by atoms with Crippen LogP contribution in [0.4, 0.5) is 4.79 Å². The second-order valence-corrected chi connectivity index (χ2v) is 5.20. The molecule has 0 bridgehead atoms. The average molecular weight is 258 g/mol. The zero-order valence-electron chi connectivity index (χ0n) is 10.7. The normalized spacial score (nSPS) is 23.6. The predicted octanol–water partition coefficient (Wildman–Crippen LogP) is 0.195. The quantitative estimate of drug-likeness (QED) is 0.705. The Morgan fingerprint density at radius 2 is 2.06 bits per heavy atom. The number of nitrogens with zero attached hydrogens (tertiary/aromatic N) is 1. The predicted molar refractivity (Wildman–Crippen MR) is 62.0 cm³/mol. The van der Waals surface area contributed by atoms with E-state index in [9.17, 15) is 14.4 Å². The molecule has 7 nitrogen and oxygen atoms in total. The molecule has 1 heterocycles. The molecule has 1 aliphatic heterocycles. The molecular formula is C11H18N2O5. The number of carbonyl (C=O) groups excluding carboxylic acids is 2. The highest BCUT2D eigenvalue weighted by molar-refractivity contribution is 5.81. The first-order valence-electron chi connectivity index (χ1n) is 5.66. The van der Waals surface area contributed by atoms with Crippen LogP contribution < -0.4 is 5.32 Å². The maximum absolute atomic E-state index is 11.8. The Balaban J connectivity index is 2.75. The summed E-state index contributed by atoms with van der Waals surface area (Å²) >= 11 is 0. The lowest BCUT2D eigenvalue weighted by atomic mass is 10.2. The molecule has 0 aliphatic carbocycles. The lowest BCUT2D eigenvalue weighted by Crippen LogP contribution is -2.43. The number of amides is 2. The van der Waals surface area contributed by atoms with Crippen LogP contribution in [0.25, 0.3) is 0 Å². The van der Waals surface area contributed by atoms with Gasteiger partial charge in [0.1, 0.15) is 11.6 Å². The van der Waals surface area contributed by atoms with E-state index < -0.39 is 23.7 Å². The van der Waals surface area contributed by atoms with E-state index in [4.69, 9.17) is 9.84 Å². The molecule has 2 amide bonds. The van der Waals surface area contributed by atoms with Gasteiger partial charge in [0.15, 0.2) is 0 Å². The van der Waals surface area contributed by atoms with E-state index in [0.717, 1.165) is 4.90 Å². The Bertz CT molecular complexity index is 350. The fraction of sp³-hybridized carbons (Fsp3) is 0.727. The van der Waals surface area contributed by atoms with E-state index >= 15 is 0 Å². The summed E-state index contributed by atoms with van der Waals surface area (Å²) in [5.41, 5.74) is -0.684. The number of ether oxygens (including phenoxy) is 1. The fourth-order valence-electron chi connectivity index (χ4n) is 1.81. The molecule has 2 unspecified atom stereocenters. The van der Waals surface area contributed by atoms with Gasteiger partial charge in [-0.15, -0.1) is 0 Å². The lowest BCUT2D eigenvalue weighted by Gasteiger charge is -2.26. The van der Waals surface area contributed by atoms with E-state index in [1.807, 2.05) is 0 Å². The molecule has 18 heavy (non-hydrogen) atoms. The number of rotatable bonds is 3. The molecule has 7 heteroatoms. The Kier molecular flexibility index (Phi) is 4.15. The average Bonchev–Trinajstić information content (AvgIpc) is 2.59. The van der Waals surface area contributed by atoms with E-state index in [1.165, 1.54) is 0 Å². The Morgan fingerprint density at radius 3 is 2.50 bits per heavy atom. The van der Waals surface area contributed by atoms with Gasteiger partial charge in [-0.1, -0.05) is 0 Å². The highest BCUT2D eigenvalue weighted by atomic mass is 16.6.